The van der Waals surface area contributed by atoms with Gasteiger partial charge in [-0.25, -0.2) is 0 Å². The van der Waals surface area contributed by atoms with Crippen molar-refractivity contribution in [1.29, 1.82) is 0 Å². The standard InChI is InChI=1S/C25H27ClN4O3/c1-25(24(32)27-13-8-14-33-2)17-30-22(15-21(28-30)18-9-4-3-5-10-18)23(31)29(25)16-19-11-6-7-12-20(19)26/h3-7,9-12,15H,8,13-14,16-17H2,1-2H3,(H,27,32). The van der Waals surface area contributed by atoms with Crippen molar-refractivity contribution in [2.24, 2.45) is 0 Å². The summed E-state index contributed by atoms with van der Waals surface area (Å²) in [6.07, 6.45) is 0.682. The van der Waals surface area contributed by atoms with Gasteiger partial charge in [0.1, 0.15) is 11.2 Å². The van der Waals surface area contributed by atoms with Crippen LogP contribution in [-0.2, 0) is 22.6 Å². The zero-order valence-corrected chi connectivity index (χ0v) is 19.5. The van der Waals surface area contributed by atoms with E-state index in [1.54, 1.807) is 35.7 Å². The van der Waals surface area contributed by atoms with E-state index in [-0.39, 0.29) is 24.9 Å². The van der Waals surface area contributed by atoms with Gasteiger partial charge in [0.15, 0.2) is 0 Å². The number of carbonyl (C=O) groups excluding carboxylic acids is 2. The van der Waals surface area contributed by atoms with Crippen LogP contribution in [-0.4, -0.2) is 52.3 Å². The average Bonchev–Trinajstić information content (AvgIpc) is 3.25. The molecule has 1 N–H and O–H groups in total. The molecule has 1 aliphatic rings. The molecule has 3 aromatic rings. The first-order valence-electron chi connectivity index (χ1n) is 10.9. The SMILES string of the molecule is COCCCNC(=O)C1(C)Cn2nc(-c3ccccc3)cc2C(=O)N1Cc1ccccc1Cl. The lowest BCUT2D eigenvalue weighted by Gasteiger charge is -2.43. The molecular formula is C25H27ClN4O3. The Hall–Kier alpha value is -3.16. The van der Waals surface area contributed by atoms with Crippen molar-refractivity contribution in [3.05, 3.63) is 76.9 Å². The van der Waals surface area contributed by atoms with Crippen LogP contribution in [0.4, 0.5) is 0 Å². The van der Waals surface area contributed by atoms with Crippen molar-refractivity contribution in [2.75, 3.05) is 20.3 Å². The summed E-state index contributed by atoms with van der Waals surface area (Å²) in [5, 5.41) is 8.18. The Bertz CT molecular complexity index is 1150. The predicted octanol–water partition coefficient (Wildman–Crippen LogP) is 3.77. The summed E-state index contributed by atoms with van der Waals surface area (Å²) in [5.41, 5.74) is 1.70. The molecule has 1 aliphatic heterocycles. The van der Waals surface area contributed by atoms with E-state index in [0.717, 1.165) is 11.1 Å². The molecule has 7 nitrogen and oxygen atoms in total. The van der Waals surface area contributed by atoms with E-state index in [4.69, 9.17) is 16.3 Å². The molecule has 1 unspecified atom stereocenters. The third-order valence-corrected chi connectivity index (χ3v) is 6.32. The maximum absolute atomic E-state index is 13.7. The van der Waals surface area contributed by atoms with Crippen LogP contribution in [0.1, 0.15) is 29.4 Å². The fraction of sp³-hybridized carbons (Fsp3) is 0.320. The molecule has 0 spiro atoms. The van der Waals surface area contributed by atoms with Crippen LogP contribution in [0, 0.1) is 0 Å². The monoisotopic (exact) mass is 466 g/mol. The summed E-state index contributed by atoms with van der Waals surface area (Å²) >= 11 is 6.40. The summed E-state index contributed by atoms with van der Waals surface area (Å²) in [7, 11) is 1.62. The highest BCUT2D eigenvalue weighted by Crippen LogP contribution is 2.32. The van der Waals surface area contributed by atoms with Crippen LogP contribution < -0.4 is 5.32 Å². The summed E-state index contributed by atoms with van der Waals surface area (Å²) in [6.45, 7) is 3.23. The van der Waals surface area contributed by atoms with Crippen LogP contribution >= 0.6 is 11.6 Å². The molecule has 1 atom stereocenters. The number of hydrogen-bond acceptors (Lipinski definition) is 4. The molecule has 2 heterocycles. The molecular weight excluding hydrogens is 440 g/mol. The molecule has 33 heavy (non-hydrogen) atoms. The molecule has 0 saturated heterocycles. The number of fused-ring (bicyclic) bond motifs is 1. The number of hydrogen-bond donors (Lipinski definition) is 1. The number of ether oxygens (including phenoxy) is 1. The first-order valence-corrected chi connectivity index (χ1v) is 11.3. The highest BCUT2D eigenvalue weighted by atomic mass is 35.5. The zero-order valence-electron chi connectivity index (χ0n) is 18.8. The molecule has 2 amide bonds. The van der Waals surface area contributed by atoms with Gasteiger partial charge in [0, 0.05) is 37.4 Å². The van der Waals surface area contributed by atoms with E-state index >= 15 is 0 Å². The van der Waals surface area contributed by atoms with Gasteiger partial charge < -0.3 is 15.0 Å². The van der Waals surface area contributed by atoms with E-state index in [1.165, 1.54) is 0 Å². The van der Waals surface area contributed by atoms with E-state index in [1.807, 2.05) is 48.5 Å². The quantitative estimate of drug-likeness (QED) is 0.513. The van der Waals surface area contributed by atoms with Crippen molar-refractivity contribution in [1.82, 2.24) is 20.0 Å². The minimum Gasteiger partial charge on any atom is -0.385 e. The van der Waals surface area contributed by atoms with Crippen LogP contribution in [0.3, 0.4) is 0 Å². The number of nitrogens with zero attached hydrogens (tertiary/aromatic N) is 3. The van der Waals surface area contributed by atoms with Gasteiger partial charge in [-0.15, -0.1) is 0 Å². The van der Waals surface area contributed by atoms with E-state index in [2.05, 4.69) is 10.4 Å². The Balaban J connectivity index is 1.70. The molecule has 0 aliphatic carbocycles. The van der Waals surface area contributed by atoms with Crippen LogP contribution in [0.15, 0.2) is 60.7 Å². The molecule has 0 bridgehead atoms. The Kier molecular flexibility index (Phi) is 6.81. The van der Waals surface area contributed by atoms with E-state index in [9.17, 15) is 9.59 Å². The molecule has 8 heteroatoms. The number of amides is 2. The van der Waals surface area contributed by atoms with Crippen molar-refractivity contribution in [3.8, 4) is 11.3 Å². The first kappa shape index (κ1) is 23.0. The number of rotatable bonds is 8. The molecule has 0 radical (unpaired) electrons. The van der Waals surface area contributed by atoms with Crippen molar-refractivity contribution in [3.63, 3.8) is 0 Å². The highest BCUT2D eigenvalue weighted by molar-refractivity contribution is 6.31. The third-order valence-electron chi connectivity index (χ3n) is 5.95. The molecule has 172 valence electrons. The zero-order chi connectivity index (χ0) is 23.4. The smallest absolute Gasteiger partial charge is 0.273 e. The molecule has 0 saturated carbocycles. The summed E-state index contributed by atoms with van der Waals surface area (Å²) < 4.78 is 6.71. The third kappa shape index (κ3) is 4.65. The summed E-state index contributed by atoms with van der Waals surface area (Å²) in [4.78, 5) is 28.7. The largest absolute Gasteiger partial charge is 0.385 e. The predicted molar refractivity (Wildman–Crippen MR) is 127 cm³/mol. The number of halogens is 1. The first-order chi connectivity index (χ1) is 15.9. The Morgan fingerprint density at radius 1 is 1.18 bits per heavy atom. The normalized spacial score (nSPS) is 17.7. The maximum Gasteiger partial charge on any atom is 0.273 e. The highest BCUT2D eigenvalue weighted by Gasteiger charge is 2.48. The number of benzene rings is 2. The second-order valence-corrected chi connectivity index (χ2v) is 8.70. The average molecular weight is 467 g/mol. The van der Waals surface area contributed by atoms with Gasteiger partial charge in [-0.2, -0.15) is 5.10 Å². The van der Waals surface area contributed by atoms with Crippen molar-refractivity contribution >= 4 is 23.4 Å². The Morgan fingerprint density at radius 3 is 2.64 bits per heavy atom. The lowest BCUT2D eigenvalue weighted by Crippen LogP contribution is -2.63. The second kappa shape index (κ2) is 9.77. The lowest BCUT2D eigenvalue weighted by molar-refractivity contribution is -0.133. The van der Waals surface area contributed by atoms with Gasteiger partial charge in [-0.05, 0) is 31.0 Å². The Morgan fingerprint density at radius 2 is 1.91 bits per heavy atom. The van der Waals surface area contributed by atoms with Crippen molar-refractivity contribution in [2.45, 2.75) is 32.0 Å². The number of carbonyl (C=O) groups is 2. The van der Waals surface area contributed by atoms with Gasteiger partial charge in [-0.1, -0.05) is 60.1 Å². The summed E-state index contributed by atoms with van der Waals surface area (Å²) in [5.74, 6) is -0.494. The number of aromatic nitrogens is 2. The molecule has 0 fully saturated rings. The van der Waals surface area contributed by atoms with Gasteiger partial charge >= 0.3 is 0 Å². The minimum absolute atomic E-state index is 0.215. The van der Waals surface area contributed by atoms with Gasteiger partial charge in [0.25, 0.3) is 5.91 Å². The van der Waals surface area contributed by atoms with Crippen LogP contribution in [0.2, 0.25) is 5.02 Å². The maximum atomic E-state index is 13.7. The molecule has 1 aromatic heterocycles. The van der Waals surface area contributed by atoms with Gasteiger partial charge in [-0.3, -0.25) is 14.3 Å². The fourth-order valence-electron chi connectivity index (χ4n) is 4.05. The number of nitrogens with one attached hydrogen (secondary N) is 1. The molecule has 2 aromatic carbocycles. The fourth-order valence-corrected chi connectivity index (χ4v) is 4.24. The van der Waals surface area contributed by atoms with Gasteiger partial charge in [0.05, 0.1) is 12.2 Å². The summed E-state index contributed by atoms with van der Waals surface area (Å²) in [6, 6.07) is 18.8. The topological polar surface area (TPSA) is 76.5 Å². The second-order valence-electron chi connectivity index (χ2n) is 8.30. The van der Waals surface area contributed by atoms with Crippen LogP contribution in [0.25, 0.3) is 11.3 Å². The molecule has 4 rings (SSSR count). The Labute approximate surface area is 198 Å². The number of methoxy groups -OCH3 is 1. The minimum atomic E-state index is -1.14. The van der Waals surface area contributed by atoms with Crippen LogP contribution in [0.5, 0.6) is 0 Å². The van der Waals surface area contributed by atoms with Crippen molar-refractivity contribution < 1.29 is 14.3 Å². The van der Waals surface area contributed by atoms with E-state index < -0.39 is 5.54 Å². The van der Waals surface area contributed by atoms with Gasteiger partial charge in [0.2, 0.25) is 5.91 Å². The lowest BCUT2D eigenvalue weighted by atomic mass is 9.94. The van der Waals surface area contributed by atoms with E-state index in [0.29, 0.717) is 36.0 Å².